The summed E-state index contributed by atoms with van der Waals surface area (Å²) in [5.41, 5.74) is 2.66. The third-order valence-corrected chi connectivity index (χ3v) is 3.73. The van der Waals surface area contributed by atoms with Crippen molar-refractivity contribution in [3.63, 3.8) is 0 Å². The van der Waals surface area contributed by atoms with Gasteiger partial charge in [-0.05, 0) is 48.7 Å². The Balaban J connectivity index is 1.70. The van der Waals surface area contributed by atoms with Crippen LogP contribution in [-0.4, -0.2) is 17.3 Å². The maximum atomic E-state index is 8.83. The van der Waals surface area contributed by atoms with Crippen LogP contribution in [-0.2, 0) is 12.8 Å². The lowest BCUT2D eigenvalue weighted by Gasteiger charge is -2.09. The van der Waals surface area contributed by atoms with E-state index in [9.17, 15) is 0 Å². The van der Waals surface area contributed by atoms with Gasteiger partial charge in [-0.15, -0.1) is 0 Å². The Labute approximate surface area is 140 Å². The first-order valence-electron chi connectivity index (χ1n) is 7.62. The van der Waals surface area contributed by atoms with E-state index in [1.54, 1.807) is 37.6 Å². The maximum absolute atomic E-state index is 8.83. The number of aromatic nitrogens is 2. The van der Waals surface area contributed by atoms with Gasteiger partial charge in [-0.25, -0.2) is 0 Å². The zero-order chi connectivity index (χ0) is 16.8. The fourth-order valence-electron chi connectivity index (χ4n) is 2.46. The number of nitriles is 1. The van der Waals surface area contributed by atoms with Crippen molar-refractivity contribution in [1.82, 2.24) is 10.2 Å². The van der Waals surface area contributed by atoms with E-state index in [4.69, 9.17) is 14.7 Å². The predicted molar refractivity (Wildman–Crippen MR) is 90.2 cm³/mol. The summed E-state index contributed by atoms with van der Waals surface area (Å²) < 4.78 is 11.2. The highest BCUT2D eigenvalue weighted by Gasteiger charge is 2.10. The molecule has 0 aliphatic carbocycles. The zero-order valence-corrected chi connectivity index (χ0v) is 13.3. The lowest BCUT2D eigenvalue weighted by atomic mass is 10.1. The van der Waals surface area contributed by atoms with Crippen molar-refractivity contribution in [3.8, 4) is 23.3 Å². The van der Waals surface area contributed by atoms with E-state index in [-0.39, 0.29) is 0 Å². The van der Waals surface area contributed by atoms with Crippen LogP contribution in [0.4, 0.5) is 0 Å². The molecule has 0 aliphatic rings. The number of aromatic amines is 1. The Morgan fingerprint density at radius 2 is 1.83 bits per heavy atom. The van der Waals surface area contributed by atoms with Crippen molar-refractivity contribution in [2.24, 2.45) is 0 Å². The van der Waals surface area contributed by atoms with Crippen molar-refractivity contribution in [2.45, 2.75) is 12.8 Å². The number of nitrogens with zero attached hydrogens (tertiary/aromatic N) is 2. The minimum Gasteiger partial charge on any atom is -0.496 e. The molecule has 2 aromatic carbocycles. The van der Waals surface area contributed by atoms with Crippen LogP contribution in [0.15, 0.2) is 54.7 Å². The summed E-state index contributed by atoms with van der Waals surface area (Å²) in [6.07, 6.45) is 3.23. The highest BCUT2D eigenvalue weighted by molar-refractivity contribution is 5.39. The average molecular weight is 319 g/mol. The molecule has 5 nitrogen and oxygen atoms in total. The van der Waals surface area contributed by atoms with Gasteiger partial charge in [0.05, 0.1) is 30.6 Å². The highest BCUT2D eigenvalue weighted by atomic mass is 16.5. The zero-order valence-electron chi connectivity index (χ0n) is 13.3. The topological polar surface area (TPSA) is 70.9 Å². The minimum atomic E-state index is 0.603. The number of rotatable bonds is 6. The van der Waals surface area contributed by atoms with Gasteiger partial charge in [-0.2, -0.15) is 10.4 Å². The molecule has 0 unspecified atom stereocenters. The summed E-state index contributed by atoms with van der Waals surface area (Å²) in [5, 5.41) is 15.9. The first-order valence-corrected chi connectivity index (χ1v) is 7.62. The molecule has 24 heavy (non-hydrogen) atoms. The van der Waals surface area contributed by atoms with Gasteiger partial charge in [-0.1, -0.05) is 18.2 Å². The van der Waals surface area contributed by atoms with Crippen LogP contribution >= 0.6 is 0 Å². The van der Waals surface area contributed by atoms with Crippen LogP contribution < -0.4 is 9.47 Å². The van der Waals surface area contributed by atoms with Crippen LogP contribution in [0.25, 0.3) is 0 Å². The van der Waals surface area contributed by atoms with E-state index >= 15 is 0 Å². The Hall–Kier alpha value is -3.26. The van der Waals surface area contributed by atoms with Gasteiger partial charge in [0.25, 0.3) is 0 Å². The van der Waals surface area contributed by atoms with Crippen molar-refractivity contribution in [2.75, 3.05) is 7.11 Å². The van der Waals surface area contributed by atoms with E-state index in [0.717, 1.165) is 29.8 Å². The van der Waals surface area contributed by atoms with Gasteiger partial charge in [0.15, 0.2) is 5.75 Å². The number of aryl methyl sites for hydroxylation is 2. The normalized spacial score (nSPS) is 10.2. The number of benzene rings is 2. The standard InChI is InChI=1S/C19H17N3O2/c1-23-18-5-3-2-4-15(18)8-11-17-19(13-21-22-17)24-16-9-6-14(12-20)7-10-16/h2-7,9-10,13H,8,11H2,1H3,(H,21,22). The summed E-state index contributed by atoms with van der Waals surface area (Å²) in [6.45, 7) is 0. The van der Waals surface area contributed by atoms with Crippen LogP contribution in [0.3, 0.4) is 0 Å². The second-order valence-corrected chi connectivity index (χ2v) is 5.26. The van der Waals surface area contributed by atoms with E-state index < -0.39 is 0 Å². The Morgan fingerprint density at radius 1 is 1.04 bits per heavy atom. The van der Waals surface area contributed by atoms with Crippen molar-refractivity contribution in [1.29, 1.82) is 5.26 Å². The molecule has 0 aliphatic heterocycles. The smallest absolute Gasteiger partial charge is 0.168 e. The van der Waals surface area contributed by atoms with Gasteiger partial charge in [-0.3, -0.25) is 5.10 Å². The number of ether oxygens (including phenoxy) is 2. The first-order chi connectivity index (χ1) is 11.8. The Bertz CT molecular complexity index is 848. The molecule has 1 heterocycles. The molecule has 0 saturated heterocycles. The number of nitrogens with one attached hydrogen (secondary N) is 1. The molecular formula is C19H17N3O2. The molecule has 0 amide bonds. The molecule has 0 bridgehead atoms. The van der Waals surface area contributed by atoms with Crippen LogP contribution in [0.1, 0.15) is 16.8 Å². The van der Waals surface area contributed by atoms with Gasteiger partial charge in [0.1, 0.15) is 11.5 Å². The van der Waals surface area contributed by atoms with Crippen molar-refractivity contribution in [3.05, 3.63) is 71.5 Å². The maximum Gasteiger partial charge on any atom is 0.168 e. The SMILES string of the molecule is COc1ccccc1CCc1[nH]ncc1Oc1ccc(C#N)cc1. The fraction of sp³-hybridized carbons (Fsp3) is 0.158. The number of H-pyrrole nitrogens is 1. The number of para-hydroxylation sites is 1. The molecule has 3 aromatic rings. The molecule has 0 radical (unpaired) electrons. The van der Waals surface area contributed by atoms with Crippen molar-refractivity contribution >= 4 is 0 Å². The lowest BCUT2D eigenvalue weighted by molar-refractivity contribution is 0.409. The summed E-state index contributed by atoms with van der Waals surface area (Å²) in [6, 6.07) is 17.0. The van der Waals surface area contributed by atoms with E-state index in [1.165, 1.54) is 0 Å². The molecule has 1 N–H and O–H groups in total. The van der Waals surface area contributed by atoms with E-state index in [0.29, 0.717) is 17.1 Å². The lowest BCUT2D eigenvalue weighted by Crippen LogP contribution is -1.97. The minimum absolute atomic E-state index is 0.603. The van der Waals surface area contributed by atoms with Crippen LogP contribution in [0, 0.1) is 11.3 Å². The summed E-state index contributed by atoms with van der Waals surface area (Å²) in [4.78, 5) is 0. The number of hydrogen-bond acceptors (Lipinski definition) is 4. The van der Waals surface area contributed by atoms with Crippen LogP contribution in [0.5, 0.6) is 17.2 Å². The first kappa shape index (κ1) is 15.6. The molecular weight excluding hydrogens is 302 g/mol. The van der Waals surface area contributed by atoms with E-state index in [2.05, 4.69) is 22.3 Å². The van der Waals surface area contributed by atoms with Crippen molar-refractivity contribution < 1.29 is 9.47 Å². The monoisotopic (exact) mass is 319 g/mol. The molecule has 1 aromatic heterocycles. The number of methoxy groups -OCH3 is 1. The molecule has 0 fully saturated rings. The highest BCUT2D eigenvalue weighted by Crippen LogP contribution is 2.26. The molecule has 0 spiro atoms. The predicted octanol–water partition coefficient (Wildman–Crippen LogP) is 3.87. The molecule has 3 rings (SSSR count). The average Bonchev–Trinajstić information content (AvgIpc) is 3.08. The van der Waals surface area contributed by atoms with Gasteiger partial charge in [0.2, 0.25) is 0 Å². The third kappa shape index (κ3) is 3.55. The van der Waals surface area contributed by atoms with Gasteiger partial charge in [0, 0.05) is 0 Å². The molecule has 0 atom stereocenters. The van der Waals surface area contributed by atoms with Gasteiger partial charge >= 0.3 is 0 Å². The van der Waals surface area contributed by atoms with E-state index in [1.807, 2.05) is 18.2 Å². The Kier molecular flexibility index (Phi) is 4.78. The second kappa shape index (κ2) is 7.34. The van der Waals surface area contributed by atoms with Crippen LogP contribution in [0.2, 0.25) is 0 Å². The number of hydrogen-bond donors (Lipinski definition) is 1. The largest absolute Gasteiger partial charge is 0.496 e. The van der Waals surface area contributed by atoms with Gasteiger partial charge < -0.3 is 9.47 Å². The molecule has 0 saturated carbocycles. The summed E-state index contributed by atoms with van der Waals surface area (Å²) in [5.74, 6) is 2.25. The molecule has 120 valence electrons. The quantitative estimate of drug-likeness (QED) is 0.748. The summed E-state index contributed by atoms with van der Waals surface area (Å²) >= 11 is 0. The molecule has 5 heteroatoms. The summed E-state index contributed by atoms with van der Waals surface area (Å²) in [7, 11) is 1.68. The second-order valence-electron chi connectivity index (χ2n) is 5.26. The third-order valence-electron chi connectivity index (χ3n) is 3.73. The Morgan fingerprint density at radius 3 is 2.58 bits per heavy atom. The fourth-order valence-corrected chi connectivity index (χ4v) is 2.46.